The molecule has 0 fully saturated rings. The third kappa shape index (κ3) is 10.4. The number of hydrogen-bond donors (Lipinski definition) is 0. The monoisotopic (exact) mass is 340 g/mol. The van der Waals surface area contributed by atoms with E-state index in [-0.39, 0.29) is 41.5 Å². The van der Waals surface area contributed by atoms with Crippen LogP contribution in [0.1, 0.15) is 55.4 Å². The van der Waals surface area contributed by atoms with Gasteiger partial charge < -0.3 is 29.6 Å². The van der Waals surface area contributed by atoms with Gasteiger partial charge in [0.2, 0.25) is 0 Å². The van der Waals surface area contributed by atoms with Gasteiger partial charge in [0.05, 0.1) is 0 Å². The molecule has 0 atom stereocenters. The van der Waals surface area contributed by atoms with Crippen LogP contribution in [0.4, 0.5) is 9.59 Å². The fraction of sp³-hybridized carbons (Fsp3) is 0.857. The maximum Gasteiger partial charge on any atom is 2.00 e. The molecule has 21 heavy (non-hydrogen) atoms. The van der Waals surface area contributed by atoms with E-state index in [9.17, 15) is 19.8 Å². The van der Waals surface area contributed by atoms with Crippen molar-refractivity contribution < 1.29 is 37.2 Å². The quantitative estimate of drug-likeness (QED) is 0.761. The van der Waals surface area contributed by atoms with Crippen molar-refractivity contribution >= 4 is 12.2 Å². The molecule has 2 amide bonds. The van der Waals surface area contributed by atoms with Gasteiger partial charge in [0.1, 0.15) is 12.2 Å². The summed E-state index contributed by atoms with van der Waals surface area (Å²) in [6.07, 6.45) is -2.19. The van der Waals surface area contributed by atoms with Crippen molar-refractivity contribution in [1.82, 2.24) is 9.80 Å². The topological polar surface area (TPSA) is 86.7 Å². The number of carbonyl (C=O) groups is 2. The van der Waals surface area contributed by atoms with Crippen LogP contribution >= 0.6 is 0 Å². The molecule has 0 spiro atoms. The second-order valence-corrected chi connectivity index (χ2v) is 5.72. The molecule has 6 nitrogen and oxygen atoms in total. The molecule has 0 aromatic heterocycles. The molecule has 124 valence electrons. The second-order valence-electron chi connectivity index (χ2n) is 5.72. The summed E-state index contributed by atoms with van der Waals surface area (Å²) in [7, 11) is 0. The largest absolute Gasteiger partial charge is 2.00 e. The minimum absolute atomic E-state index is 0. The van der Waals surface area contributed by atoms with Gasteiger partial charge in [-0.15, -0.1) is 0 Å². The summed E-state index contributed by atoms with van der Waals surface area (Å²) >= 11 is 0. The molecule has 0 aliphatic carbocycles. The molecule has 0 N–H and O–H groups in total. The van der Waals surface area contributed by atoms with Crippen LogP contribution in [0.25, 0.3) is 0 Å². The van der Waals surface area contributed by atoms with Crippen molar-refractivity contribution in [3.8, 4) is 0 Å². The Bertz CT molecular complexity index is 261. The Morgan fingerprint density at radius 3 is 0.762 bits per heavy atom. The van der Waals surface area contributed by atoms with E-state index in [0.29, 0.717) is 0 Å². The first kappa shape index (κ1) is 25.1. The Morgan fingerprint density at radius 2 is 0.762 bits per heavy atom. The third-order valence-corrected chi connectivity index (χ3v) is 2.65. The fourth-order valence-electron chi connectivity index (χ4n) is 2.04. The normalized spacial score (nSPS) is 10.1. The zero-order chi connectivity index (χ0) is 16.6. The summed E-state index contributed by atoms with van der Waals surface area (Å²) in [5, 5.41) is 20.8. The van der Waals surface area contributed by atoms with Gasteiger partial charge in [0.15, 0.2) is 0 Å². The average Bonchev–Trinajstić information content (AvgIpc) is 2.12. The molecule has 0 rings (SSSR count). The van der Waals surface area contributed by atoms with Crippen LogP contribution in [0.3, 0.4) is 0 Å². The van der Waals surface area contributed by atoms with Gasteiger partial charge in [-0.3, -0.25) is 0 Å². The van der Waals surface area contributed by atoms with E-state index in [1.165, 1.54) is 9.80 Å². The fourth-order valence-corrected chi connectivity index (χ4v) is 2.04. The number of carboxylic acid groups (broad SMARTS) is 2. The maximum absolute atomic E-state index is 10.4. The number of hydrogen-bond acceptors (Lipinski definition) is 4. The van der Waals surface area contributed by atoms with Crippen LogP contribution in [0.2, 0.25) is 0 Å². The first-order valence-corrected chi connectivity index (χ1v) is 6.92. The summed E-state index contributed by atoms with van der Waals surface area (Å²) in [5.74, 6) is 0. The minimum atomic E-state index is -1.09. The van der Waals surface area contributed by atoms with Crippen LogP contribution in [0.5, 0.6) is 0 Å². The van der Waals surface area contributed by atoms with Crippen molar-refractivity contribution in [2.75, 3.05) is 0 Å². The van der Waals surface area contributed by atoms with Gasteiger partial charge in [-0.05, 0) is 55.4 Å². The molecule has 0 aliphatic heterocycles. The molecular weight excluding hydrogens is 312 g/mol. The van der Waals surface area contributed by atoms with E-state index >= 15 is 0 Å². The van der Waals surface area contributed by atoms with E-state index in [0.717, 1.165) is 0 Å². The van der Waals surface area contributed by atoms with Crippen LogP contribution in [-0.4, -0.2) is 46.2 Å². The molecule has 0 aromatic rings. The number of carbonyl (C=O) groups excluding carboxylic acids is 2. The van der Waals surface area contributed by atoms with Crippen molar-refractivity contribution in [1.29, 1.82) is 0 Å². The summed E-state index contributed by atoms with van der Waals surface area (Å²) in [6.45, 7) is 14.6. The zero-order valence-corrected chi connectivity index (χ0v) is 15.5. The van der Waals surface area contributed by atoms with E-state index in [2.05, 4.69) is 0 Å². The molecule has 0 aromatic carbocycles. The van der Waals surface area contributed by atoms with E-state index in [4.69, 9.17) is 0 Å². The Balaban J connectivity index is -0.000000295. The minimum Gasteiger partial charge on any atom is -0.530 e. The summed E-state index contributed by atoms with van der Waals surface area (Å²) in [4.78, 5) is 23.4. The van der Waals surface area contributed by atoms with Crippen LogP contribution < -0.4 is 10.2 Å². The summed E-state index contributed by atoms with van der Waals surface area (Å²) < 4.78 is 0. The molecule has 7 heteroatoms. The first-order chi connectivity index (χ1) is 8.93. The number of nitrogens with zero attached hydrogens (tertiary/aromatic N) is 2. The van der Waals surface area contributed by atoms with Gasteiger partial charge >= 0.3 is 17.4 Å². The van der Waals surface area contributed by atoms with E-state index < -0.39 is 12.2 Å². The SMILES string of the molecule is CC(C)N(C(=O)[O-])C(C)C.CC(C)N(C(=O)[O-])C(C)C.[Cr+2]. The second kappa shape index (κ2) is 11.7. The molecule has 0 heterocycles. The van der Waals surface area contributed by atoms with Gasteiger partial charge in [-0.1, -0.05) is 0 Å². The summed E-state index contributed by atoms with van der Waals surface area (Å²) in [6, 6.07) is 0.0185. The Morgan fingerprint density at radius 1 is 0.619 bits per heavy atom. The van der Waals surface area contributed by atoms with Crippen molar-refractivity contribution in [3.63, 3.8) is 0 Å². The van der Waals surface area contributed by atoms with Gasteiger partial charge in [-0.2, -0.15) is 0 Å². The van der Waals surface area contributed by atoms with Crippen LogP contribution in [0, 0.1) is 0 Å². The van der Waals surface area contributed by atoms with Crippen molar-refractivity contribution in [2.24, 2.45) is 0 Å². The van der Waals surface area contributed by atoms with Crippen LogP contribution in [0.15, 0.2) is 0 Å². The summed E-state index contributed by atoms with van der Waals surface area (Å²) in [5.41, 5.74) is 0. The van der Waals surface area contributed by atoms with E-state index in [1.54, 1.807) is 0 Å². The molecule has 0 saturated heterocycles. The number of amides is 2. The standard InChI is InChI=1S/2C7H15NO2.Cr/c2*1-5(2)8(6(3)4)7(9)10;/h2*5-6H,1-4H3,(H,9,10);/q;;+2/p-2. The molecule has 0 radical (unpaired) electrons. The maximum atomic E-state index is 10.4. The molecule has 0 unspecified atom stereocenters. The van der Waals surface area contributed by atoms with Crippen LogP contribution in [-0.2, 0) is 17.4 Å². The van der Waals surface area contributed by atoms with Gasteiger partial charge in [0.25, 0.3) is 0 Å². The van der Waals surface area contributed by atoms with E-state index in [1.807, 2.05) is 55.4 Å². The molecular formula is C14H28CrN2O4. The molecule has 0 bridgehead atoms. The third-order valence-electron chi connectivity index (χ3n) is 2.65. The first-order valence-electron chi connectivity index (χ1n) is 6.92. The van der Waals surface area contributed by atoms with Crippen molar-refractivity contribution in [3.05, 3.63) is 0 Å². The number of rotatable bonds is 4. The molecule has 0 saturated carbocycles. The average molecular weight is 340 g/mol. The predicted octanol–water partition coefficient (Wildman–Crippen LogP) is 0.894. The molecule has 0 aliphatic rings. The zero-order valence-electron chi connectivity index (χ0n) is 14.2. The Labute approximate surface area is 139 Å². The van der Waals surface area contributed by atoms with Gasteiger partial charge in [-0.25, -0.2) is 0 Å². The van der Waals surface area contributed by atoms with Gasteiger partial charge in [0, 0.05) is 24.2 Å². The predicted molar refractivity (Wildman–Crippen MR) is 75.0 cm³/mol. The van der Waals surface area contributed by atoms with Crippen molar-refractivity contribution in [2.45, 2.75) is 79.6 Å². The smallest absolute Gasteiger partial charge is 0.530 e. The Hall–Kier alpha value is -0.928. The Kier molecular flexibility index (Phi) is 14.0.